The molecule has 0 aromatic heterocycles. The summed E-state index contributed by atoms with van der Waals surface area (Å²) in [5.41, 5.74) is 1.43. The minimum absolute atomic E-state index is 0.755. The van der Waals surface area contributed by atoms with E-state index in [9.17, 15) is 0 Å². The fraction of sp³-hybridized carbons (Fsp3) is 0.667. The topological polar surface area (TPSA) is 0 Å². The molecule has 1 aliphatic rings. The first kappa shape index (κ1) is 3.91. The standard InChI is InChI=1S/C6H9/c1-5-3-6(2)4-5/h5H,3H2,1-2H3. The van der Waals surface area contributed by atoms with Crippen LogP contribution in [0.25, 0.3) is 0 Å². The van der Waals surface area contributed by atoms with Crippen LogP contribution in [0.1, 0.15) is 20.3 Å². The van der Waals surface area contributed by atoms with Gasteiger partial charge in [-0.15, -0.1) is 0 Å². The Morgan fingerprint density at radius 1 is 1.83 bits per heavy atom. The molecule has 0 amide bonds. The molecule has 1 rings (SSSR count). The van der Waals surface area contributed by atoms with Crippen LogP contribution in [0.2, 0.25) is 0 Å². The lowest BCUT2D eigenvalue weighted by Crippen LogP contribution is -2.02. The summed E-state index contributed by atoms with van der Waals surface area (Å²) in [5.74, 6) is 0.755. The molecule has 0 saturated carbocycles. The third-order valence-electron chi connectivity index (χ3n) is 1.11. The van der Waals surface area contributed by atoms with E-state index in [4.69, 9.17) is 0 Å². The summed E-state index contributed by atoms with van der Waals surface area (Å²) in [6, 6.07) is 0. The van der Waals surface area contributed by atoms with Crippen LogP contribution in [-0.4, -0.2) is 0 Å². The Labute approximate surface area is 38.9 Å². The molecule has 0 N–H and O–H groups in total. The van der Waals surface area contributed by atoms with Gasteiger partial charge in [0.1, 0.15) is 0 Å². The van der Waals surface area contributed by atoms with Crippen molar-refractivity contribution in [2.75, 3.05) is 0 Å². The predicted molar refractivity (Wildman–Crippen MR) is 26.2 cm³/mol. The molecule has 0 fully saturated rings. The average Bonchev–Trinajstić information content (AvgIpc) is 1.33. The Hall–Kier alpha value is -0.260. The Morgan fingerprint density at radius 3 is 2.33 bits per heavy atom. The van der Waals surface area contributed by atoms with Crippen LogP contribution in [-0.2, 0) is 0 Å². The van der Waals surface area contributed by atoms with Crippen molar-refractivity contribution in [2.24, 2.45) is 5.92 Å². The molecule has 0 heteroatoms. The van der Waals surface area contributed by atoms with Crippen LogP contribution in [0.3, 0.4) is 0 Å². The number of hydrogen-bond acceptors (Lipinski definition) is 0. The molecule has 33 valence electrons. The quantitative estimate of drug-likeness (QED) is 0.417. The third kappa shape index (κ3) is 0.469. The molecule has 0 saturated heterocycles. The summed E-state index contributed by atoms with van der Waals surface area (Å²) in [6.07, 6.45) is 4.50. The van der Waals surface area contributed by atoms with E-state index in [0.29, 0.717) is 0 Å². The molecule has 0 aromatic carbocycles. The molecular formula is C6H9. The van der Waals surface area contributed by atoms with E-state index < -0.39 is 0 Å². The molecule has 0 heterocycles. The van der Waals surface area contributed by atoms with Crippen molar-refractivity contribution >= 4 is 0 Å². The van der Waals surface area contributed by atoms with Crippen molar-refractivity contribution < 1.29 is 0 Å². The van der Waals surface area contributed by atoms with Crippen LogP contribution < -0.4 is 0 Å². The summed E-state index contributed by atoms with van der Waals surface area (Å²) in [6.45, 7) is 4.31. The van der Waals surface area contributed by atoms with E-state index in [1.165, 1.54) is 12.0 Å². The first-order valence-corrected chi connectivity index (χ1v) is 2.38. The monoisotopic (exact) mass is 81.1 g/mol. The van der Waals surface area contributed by atoms with Crippen LogP contribution in [0.4, 0.5) is 0 Å². The van der Waals surface area contributed by atoms with Crippen LogP contribution in [0.15, 0.2) is 5.57 Å². The van der Waals surface area contributed by atoms with Gasteiger partial charge in [0.25, 0.3) is 0 Å². The summed E-state index contributed by atoms with van der Waals surface area (Å²) in [7, 11) is 0. The largest absolute Gasteiger partial charge is 0.0690 e. The van der Waals surface area contributed by atoms with Crippen LogP contribution >= 0.6 is 0 Å². The maximum absolute atomic E-state index is 3.22. The minimum Gasteiger partial charge on any atom is -0.0690 e. The predicted octanol–water partition coefficient (Wildman–Crippen LogP) is 1.78. The van der Waals surface area contributed by atoms with E-state index >= 15 is 0 Å². The highest BCUT2D eigenvalue weighted by atomic mass is 14.1. The van der Waals surface area contributed by atoms with E-state index in [-0.39, 0.29) is 0 Å². The molecule has 1 aliphatic carbocycles. The van der Waals surface area contributed by atoms with Gasteiger partial charge < -0.3 is 0 Å². The van der Waals surface area contributed by atoms with Gasteiger partial charge in [0.2, 0.25) is 0 Å². The Kier molecular flexibility index (Phi) is 0.722. The zero-order chi connectivity index (χ0) is 4.57. The lowest BCUT2D eigenvalue weighted by molar-refractivity contribution is 0.613. The lowest BCUT2D eigenvalue weighted by Gasteiger charge is -2.15. The molecule has 6 heavy (non-hydrogen) atoms. The first-order valence-electron chi connectivity index (χ1n) is 2.38. The Morgan fingerprint density at radius 2 is 2.33 bits per heavy atom. The molecule has 0 spiro atoms. The van der Waals surface area contributed by atoms with Gasteiger partial charge in [-0.1, -0.05) is 12.5 Å². The van der Waals surface area contributed by atoms with Crippen molar-refractivity contribution in [1.82, 2.24) is 0 Å². The molecule has 0 aromatic rings. The number of rotatable bonds is 0. The SMILES string of the molecule is CC1=[C]C(C)C1. The van der Waals surface area contributed by atoms with Gasteiger partial charge in [-0.05, 0) is 25.3 Å². The van der Waals surface area contributed by atoms with Gasteiger partial charge in [-0.3, -0.25) is 0 Å². The van der Waals surface area contributed by atoms with E-state index in [1.54, 1.807) is 0 Å². The maximum atomic E-state index is 3.22. The lowest BCUT2D eigenvalue weighted by atomic mass is 9.90. The van der Waals surface area contributed by atoms with Gasteiger partial charge in [0.15, 0.2) is 0 Å². The average molecular weight is 81.1 g/mol. The third-order valence-corrected chi connectivity index (χ3v) is 1.11. The van der Waals surface area contributed by atoms with Gasteiger partial charge >= 0.3 is 0 Å². The molecule has 1 radical (unpaired) electrons. The van der Waals surface area contributed by atoms with Crippen molar-refractivity contribution in [3.63, 3.8) is 0 Å². The van der Waals surface area contributed by atoms with Gasteiger partial charge in [0, 0.05) is 0 Å². The number of allylic oxidation sites excluding steroid dienone is 2. The fourth-order valence-corrected chi connectivity index (χ4v) is 0.859. The van der Waals surface area contributed by atoms with E-state index in [2.05, 4.69) is 19.9 Å². The van der Waals surface area contributed by atoms with Crippen molar-refractivity contribution in [3.8, 4) is 0 Å². The summed E-state index contributed by atoms with van der Waals surface area (Å²) in [4.78, 5) is 0. The molecular weight excluding hydrogens is 72.1 g/mol. The second-order valence-corrected chi connectivity index (χ2v) is 2.03. The second-order valence-electron chi connectivity index (χ2n) is 2.03. The zero-order valence-electron chi connectivity index (χ0n) is 4.28. The first-order chi connectivity index (χ1) is 2.79. The van der Waals surface area contributed by atoms with Crippen LogP contribution in [0, 0.1) is 12.0 Å². The van der Waals surface area contributed by atoms with E-state index in [1.807, 2.05) is 0 Å². The Bertz CT molecular complexity index is 80.0. The second kappa shape index (κ2) is 1.11. The van der Waals surface area contributed by atoms with Crippen LogP contribution in [0.5, 0.6) is 0 Å². The summed E-state index contributed by atoms with van der Waals surface area (Å²) in [5, 5.41) is 0. The smallest absolute Gasteiger partial charge is 0.0151 e. The van der Waals surface area contributed by atoms with Crippen molar-refractivity contribution in [3.05, 3.63) is 11.6 Å². The Balaban J connectivity index is 2.46. The van der Waals surface area contributed by atoms with Gasteiger partial charge in [-0.25, -0.2) is 0 Å². The fourth-order valence-electron chi connectivity index (χ4n) is 0.859. The van der Waals surface area contributed by atoms with Crippen molar-refractivity contribution in [1.29, 1.82) is 0 Å². The van der Waals surface area contributed by atoms with E-state index in [0.717, 1.165) is 5.92 Å². The van der Waals surface area contributed by atoms with Crippen molar-refractivity contribution in [2.45, 2.75) is 20.3 Å². The highest BCUT2D eigenvalue weighted by Gasteiger charge is 2.08. The minimum atomic E-state index is 0.755. The summed E-state index contributed by atoms with van der Waals surface area (Å²) < 4.78 is 0. The highest BCUT2D eigenvalue weighted by Crippen LogP contribution is 2.21. The molecule has 0 aliphatic heterocycles. The number of hydrogen-bond donors (Lipinski definition) is 0. The van der Waals surface area contributed by atoms with Gasteiger partial charge in [-0.2, -0.15) is 0 Å². The maximum Gasteiger partial charge on any atom is -0.0151 e. The molecule has 0 nitrogen and oxygen atoms in total. The summed E-state index contributed by atoms with van der Waals surface area (Å²) >= 11 is 0. The van der Waals surface area contributed by atoms with Gasteiger partial charge in [0.05, 0.1) is 0 Å². The molecule has 1 unspecified atom stereocenters. The normalized spacial score (nSPS) is 31.7. The zero-order valence-corrected chi connectivity index (χ0v) is 4.28. The highest BCUT2D eigenvalue weighted by molar-refractivity contribution is 5.05. The molecule has 1 atom stereocenters. The molecule has 0 bridgehead atoms.